The summed E-state index contributed by atoms with van der Waals surface area (Å²) < 4.78 is 10.1. The Kier molecular flexibility index (Phi) is 8.54. The van der Waals surface area contributed by atoms with Crippen molar-refractivity contribution in [1.82, 2.24) is 0 Å². The molecule has 138 valence electrons. The van der Waals surface area contributed by atoms with Gasteiger partial charge in [0.2, 0.25) is 6.29 Å². The molecule has 6 atom stereocenters. The van der Waals surface area contributed by atoms with E-state index in [4.69, 9.17) is 19.7 Å². The molecule has 8 nitrogen and oxygen atoms in total. The predicted octanol–water partition coefficient (Wildman–Crippen LogP) is -1.15. The van der Waals surface area contributed by atoms with E-state index in [1.54, 1.807) is 32.1 Å². The van der Waals surface area contributed by atoms with E-state index in [2.05, 4.69) is 0 Å². The Morgan fingerprint density at radius 2 is 1.88 bits per heavy atom. The number of ether oxygens (including phenoxy) is 2. The van der Waals surface area contributed by atoms with Crippen molar-refractivity contribution in [3.8, 4) is 0 Å². The van der Waals surface area contributed by atoms with Crippen LogP contribution in [0, 0.1) is 5.92 Å². The van der Waals surface area contributed by atoms with Gasteiger partial charge in [-0.3, -0.25) is 4.79 Å². The first-order valence-electron chi connectivity index (χ1n) is 7.76. The molecule has 1 heterocycles. The molecule has 1 saturated heterocycles. The Morgan fingerprint density at radius 1 is 1.21 bits per heavy atom. The van der Waals surface area contributed by atoms with E-state index in [1.807, 2.05) is 0 Å². The van der Waals surface area contributed by atoms with E-state index >= 15 is 0 Å². The molecule has 0 amide bonds. The number of allylic oxidation sites excluding steroid dienone is 3. The van der Waals surface area contributed by atoms with E-state index in [0.717, 1.165) is 5.57 Å². The Hall–Kier alpha value is -1.29. The molecule has 6 unspecified atom stereocenters. The van der Waals surface area contributed by atoms with Gasteiger partial charge in [0.25, 0.3) is 0 Å². The number of hydrogen-bond acceptors (Lipinski definition) is 8. The zero-order chi connectivity index (χ0) is 18.3. The highest BCUT2D eigenvalue weighted by atomic mass is 16.7. The second-order valence-electron chi connectivity index (χ2n) is 5.87. The minimum absolute atomic E-state index is 0.0426. The topological polar surface area (TPSA) is 137 Å². The summed E-state index contributed by atoms with van der Waals surface area (Å²) in [6.45, 7) is 2.76. The lowest BCUT2D eigenvalue weighted by Gasteiger charge is -2.39. The largest absolute Gasteiger partial charge is 0.433 e. The highest BCUT2D eigenvalue weighted by molar-refractivity contribution is 5.72. The van der Waals surface area contributed by atoms with Crippen LogP contribution in [0.1, 0.15) is 20.3 Å². The molecule has 1 aliphatic heterocycles. The maximum absolute atomic E-state index is 12.0. The van der Waals surface area contributed by atoms with Crippen molar-refractivity contribution in [3.05, 3.63) is 23.8 Å². The van der Waals surface area contributed by atoms with Gasteiger partial charge in [0, 0.05) is 0 Å². The molecule has 0 aromatic rings. The Balaban J connectivity index is 2.56. The van der Waals surface area contributed by atoms with Gasteiger partial charge in [0.05, 0.1) is 19.1 Å². The molecule has 0 aliphatic carbocycles. The van der Waals surface area contributed by atoms with Crippen LogP contribution in [-0.2, 0) is 14.3 Å². The summed E-state index contributed by atoms with van der Waals surface area (Å²) in [6.07, 6.45) is -1.75. The Bertz CT molecular complexity index is 459. The van der Waals surface area contributed by atoms with E-state index in [1.165, 1.54) is 0 Å². The summed E-state index contributed by atoms with van der Waals surface area (Å²) in [5.74, 6) is -1.18. The van der Waals surface area contributed by atoms with Crippen LogP contribution in [0.3, 0.4) is 0 Å². The van der Waals surface area contributed by atoms with Crippen LogP contribution >= 0.6 is 0 Å². The number of carbonyl (C=O) groups is 1. The standard InChI is InChI=1S/C16H26O8/c1-9(7-17)5-3-4-6-10(2)15(22)24-16-14(21)13(20)12(19)11(8-18)23-16/h3-5,10-14,16-21H,6-8H2,1-2H3. The molecular weight excluding hydrogens is 320 g/mol. The highest BCUT2D eigenvalue weighted by Crippen LogP contribution is 2.23. The van der Waals surface area contributed by atoms with Crippen LogP contribution in [0.5, 0.6) is 0 Å². The normalized spacial score (nSPS) is 32.8. The zero-order valence-corrected chi connectivity index (χ0v) is 13.8. The zero-order valence-electron chi connectivity index (χ0n) is 13.8. The first-order chi connectivity index (χ1) is 11.3. The summed E-state index contributed by atoms with van der Waals surface area (Å²) in [7, 11) is 0. The van der Waals surface area contributed by atoms with Gasteiger partial charge in [-0.25, -0.2) is 0 Å². The van der Waals surface area contributed by atoms with Gasteiger partial charge in [-0.05, 0) is 18.9 Å². The Labute approximate surface area is 140 Å². The number of carbonyl (C=O) groups excluding carboxylic acids is 1. The molecule has 24 heavy (non-hydrogen) atoms. The average Bonchev–Trinajstić information content (AvgIpc) is 2.58. The molecule has 0 radical (unpaired) electrons. The predicted molar refractivity (Wildman–Crippen MR) is 83.6 cm³/mol. The highest BCUT2D eigenvalue weighted by Gasteiger charge is 2.45. The third-order valence-electron chi connectivity index (χ3n) is 3.74. The van der Waals surface area contributed by atoms with Gasteiger partial charge in [0.1, 0.15) is 24.4 Å². The van der Waals surface area contributed by atoms with Crippen molar-refractivity contribution in [2.75, 3.05) is 13.2 Å². The fraction of sp³-hybridized carbons (Fsp3) is 0.688. The number of aliphatic hydroxyl groups excluding tert-OH is 5. The van der Waals surface area contributed by atoms with Crippen molar-refractivity contribution < 1.29 is 39.8 Å². The molecule has 0 spiro atoms. The fourth-order valence-corrected chi connectivity index (χ4v) is 2.06. The van der Waals surface area contributed by atoms with Gasteiger partial charge < -0.3 is 35.0 Å². The summed E-state index contributed by atoms with van der Waals surface area (Å²) in [5.41, 5.74) is 0.780. The molecule has 8 heteroatoms. The molecule has 5 N–H and O–H groups in total. The van der Waals surface area contributed by atoms with Gasteiger partial charge >= 0.3 is 5.97 Å². The lowest BCUT2D eigenvalue weighted by molar-refractivity contribution is -0.293. The minimum atomic E-state index is -1.61. The third-order valence-corrected chi connectivity index (χ3v) is 3.74. The summed E-state index contributed by atoms with van der Waals surface area (Å²) >= 11 is 0. The third kappa shape index (κ3) is 5.66. The van der Waals surface area contributed by atoms with E-state index in [9.17, 15) is 20.1 Å². The molecule has 1 rings (SSSR count). The summed E-state index contributed by atoms with van der Waals surface area (Å²) in [6, 6.07) is 0. The number of aliphatic hydroxyl groups is 5. The molecule has 0 saturated carbocycles. The van der Waals surface area contributed by atoms with E-state index in [-0.39, 0.29) is 6.61 Å². The van der Waals surface area contributed by atoms with Crippen LogP contribution in [0.25, 0.3) is 0 Å². The summed E-state index contributed by atoms with van der Waals surface area (Å²) in [4.78, 5) is 12.0. The smallest absolute Gasteiger partial charge is 0.311 e. The summed E-state index contributed by atoms with van der Waals surface area (Å²) in [5, 5.41) is 47.1. The van der Waals surface area contributed by atoms with Crippen LogP contribution in [0.2, 0.25) is 0 Å². The van der Waals surface area contributed by atoms with Crippen molar-refractivity contribution in [3.63, 3.8) is 0 Å². The fourth-order valence-electron chi connectivity index (χ4n) is 2.06. The van der Waals surface area contributed by atoms with Crippen LogP contribution in [0.4, 0.5) is 0 Å². The lowest BCUT2D eigenvalue weighted by atomic mass is 9.99. The van der Waals surface area contributed by atoms with Gasteiger partial charge in [-0.1, -0.05) is 25.2 Å². The van der Waals surface area contributed by atoms with Crippen LogP contribution in [-0.4, -0.2) is 75.4 Å². The van der Waals surface area contributed by atoms with Crippen LogP contribution in [0.15, 0.2) is 23.8 Å². The molecule has 0 aromatic carbocycles. The van der Waals surface area contributed by atoms with Gasteiger partial charge in [-0.2, -0.15) is 0 Å². The maximum atomic E-state index is 12.0. The van der Waals surface area contributed by atoms with Gasteiger partial charge in [0.15, 0.2) is 0 Å². The molecule has 0 aromatic heterocycles. The Morgan fingerprint density at radius 3 is 2.46 bits per heavy atom. The maximum Gasteiger partial charge on any atom is 0.311 e. The molecular formula is C16H26O8. The lowest BCUT2D eigenvalue weighted by Crippen LogP contribution is -2.59. The quantitative estimate of drug-likeness (QED) is 0.288. The first kappa shape index (κ1) is 20.8. The van der Waals surface area contributed by atoms with Crippen molar-refractivity contribution in [1.29, 1.82) is 0 Å². The van der Waals surface area contributed by atoms with Crippen LogP contribution < -0.4 is 0 Å². The van der Waals surface area contributed by atoms with Crippen molar-refractivity contribution in [2.45, 2.75) is 51.0 Å². The monoisotopic (exact) mass is 346 g/mol. The van der Waals surface area contributed by atoms with E-state index in [0.29, 0.717) is 6.42 Å². The first-order valence-corrected chi connectivity index (χ1v) is 7.76. The van der Waals surface area contributed by atoms with Crippen molar-refractivity contribution in [2.24, 2.45) is 5.92 Å². The molecule has 1 fully saturated rings. The number of rotatable bonds is 7. The molecule has 1 aliphatic rings. The number of hydrogen-bond donors (Lipinski definition) is 5. The van der Waals surface area contributed by atoms with Gasteiger partial charge in [-0.15, -0.1) is 0 Å². The van der Waals surface area contributed by atoms with E-state index < -0.39 is 49.2 Å². The SMILES string of the molecule is CC(=CC=CCC(C)C(=O)OC1OC(CO)C(O)C(O)C1O)CO. The van der Waals surface area contributed by atoms with Crippen molar-refractivity contribution >= 4 is 5.97 Å². The average molecular weight is 346 g/mol. The number of esters is 1. The molecule has 0 bridgehead atoms. The minimum Gasteiger partial charge on any atom is -0.433 e. The second-order valence-corrected chi connectivity index (χ2v) is 5.87. The second kappa shape index (κ2) is 9.87.